The smallest absolute Gasteiger partial charge is 0.323 e. The molecule has 3 fully saturated rings. The fraction of sp³-hybridized carbons (Fsp3) is 0.583. The van der Waals surface area contributed by atoms with E-state index in [0.717, 1.165) is 44.2 Å². The number of carbonyl (C=O) groups is 2. The maximum Gasteiger partial charge on any atom is 0.323 e. The summed E-state index contributed by atoms with van der Waals surface area (Å²) in [4.78, 5) is 29.4. The Labute approximate surface area is 213 Å². The number of rotatable bonds is 7. The second kappa shape index (κ2) is 12.5. The summed E-state index contributed by atoms with van der Waals surface area (Å²) in [7, 11) is 1.43. The van der Waals surface area contributed by atoms with Gasteiger partial charge in [0, 0.05) is 36.4 Å². The van der Waals surface area contributed by atoms with Crippen molar-refractivity contribution in [3.05, 3.63) is 47.3 Å². The molecule has 3 aliphatic rings. The van der Waals surface area contributed by atoms with Crippen LogP contribution in [-0.4, -0.2) is 66.1 Å². The zero-order chi connectivity index (χ0) is 22.0. The van der Waals surface area contributed by atoms with E-state index in [0.29, 0.717) is 25.2 Å². The van der Waals surface area contributed by atoms with Crippen LogP contribution in [0.15, 0.2) is 35.9 Å². The van der Waals surface area contributed by atoms with Crippen molar-refractivity contribution in [2.45, 2.75) is 49.4 Å². The van der Waals surface area contributed by atoms with Crippen LogP contribution in [0, 0.1) is 11.7 Å². The van der Waals surface area contributed by atoms with Gasteiger partial charge in [-0.25, -0.2) is 4.39 Å². The fourth-order valence-electron chi connectivity index (χ4n) is 4.81. The Morgan fingerprint density at radius 3 is 2.58 bits per heavy atom. The number of carbonyl (C=O) groups excluding carboxylic acids is 2. The van der Waals surface area contributed by atoms with Crippen LogP contribution in [0.25, 0.3) is 0 Å². The Morgan fingerprint density at radius 1 is 1.18 bits per heavy atom. The molecule has 33 heavy (non-hydrogen) atoms. The van der Waals surface area contributed by atoms with Crippen LogP contribution in [0.2, 0.25) is 0 Å². The largest absolute Gasteiger partial charge is 0.468 e. The van der Waals surface area contributed by atoms with E-state index in [1.807, 2.05) is 0 Å². The van der Waals surface area contributed by atoms with Gasteiger partial charge >= 0.3 is 5.97 Å². The minimum Gasteiger partial charge on any atom is -0.468 e. The molecule has 4 rings (SSSR count). The summed E-state index contributed by atoms with van der Waals surface area (Å²) in [6.07, 6.45) is 6.55. The van der Waals surface area contributed by atoms with Gasteiger partial charge in [0.15, 0.2) is 5.78 Å². The summed E-state index contributed by atoms with van der Waals surface area (Å²) in [6.45, 7) is 2.81. The highest BCUT2D eigenvalue weighted by Gasteiger charge is 2.41. The Hall–Kier alpha value is -1.12. The summed E-state index contributed by atoms with van der Waals surface area (Å²) < 4.78 is 19.6. The number of nitrogens with zero attached hydrogens (tertiary/aromatic N) is 2. The molecule has 1 aromatic carbocycles. The number of Topliss-reactive ketones (excluding diaryl/α,β-unsaturated/α-hetero) is 1. The molecule has 3 atom stereocenters. The lowest BCUT2D eigenvalue weighted by atomic mass is 9.93. The first-order valence-electron chi connectivity index (χ1n) is 11.2. The quantitative estimate of drug-likeness (QED) is 0.332. The first-order chi connectivity index (χ1) is 15.0. The number of esters is 1. The van der Waals surface area contributed by atoms with Crippen LogP contribution < -0.4 is 0 Å². The van der Waals surface area contributed by atoms with Gasteiger partial charge < -0.3 is 4.74 Å². The number of piperidine rings is 1. The molecule has 0 aromatic heterocycles. The zero-order valence-electron chi connectivity index (χ0n) is 18.8. The van der Waals surface area contributed by atoms with E-state index in [4.69, 9.17) is 17.4 Å². The molecule has 9 heteroatoms. The van der Waals surface area contributed by atoms with Gasteiger partial charge in [0.25, 0.3) is 0 Å². The van der Waals surface area contributed by atoms with Gasteiger partial charge in [-0.15, -0.1) is 24.8 Å². The molecular weight excluding hydrogens is 486 g/mol. The maximum atomic E-state index is 14.7. The van der Waals surface area contributed by atoms with Crippen LogP contribution in [0.5, 0.6) is 0 Å². The normalized spacial score (nSPS) is 25.7. The van der Waals surface area contributed by atoms with Crippen molar-refractivity contribution >= 4 is 49.2 Å². The summed E-state index contributed by atoms with van der Waals surface area (Å²) in [5.74, 6) is -0.320. The van der Waals surface area contributed by atoms with Gasteiger partial charge in [-0.1, -0.05) is 24.3 Å². The lowest BCUT2D eigenvalue weighted by Gasteiger charge is -2.38. The third-order valence-electron chi connectivity index (χ3n) is 6.74. The number of methoxy groups -OCH3 is 1. The van der Waals surface area contributed by atoms with E-state index < -0.39 is 6.04 Å². The molecule has 1 aromatic rings. The molecule has 0 N–H and O–H groups in total. The number of thiol groups is 1. The van der Waals surface area contributed by atoms with Crippen LogP contribution in [0.1, 0.15) is 43.7 Å². The topological polar surface area (TPSA) is 49.9 Å². The summed E-state index contributed by atoms with van der Waals surface area (Å²) in [5, 5.41) is 0.104. The van der Waals surface area contributed by atoms with Crippen LogP contribution in [-0.2, 0) is 14.3 Å². The highest BCUT2D eigenvalue weighted by atomic mass is 35.5. The molecule has 2 aliphatic heterocycles. The van der Waals surface area contributed by atoms with E-state index in [1.54, 1.807) is 18.2 Å². The molecule has 0 amide bonds. The van der Waals surface area contributed by atoms with Crippen molar-refractivity contribution in [3.63, 3.8) is 0 Å². The number of ketones is 1. The van der Waals surface area contributed by atoms with Gasteiger partial charge in [-0.3, -0.25) is 19.4 Å². The number of likely N-dealkylation sites (tertiary alicyclic amines) is 2. The van der Waals surface area contributed by atoms with Gasteiger partial charge in [0.2, 0.25) is 0 Å². The highest BCUT2D eigenvalue weighted by Crippen LogP contribution is 2.39. The minimum absolute atomic E-state index is 0. The predicted molar refractivity (Wildman–Crippen MR) is 135 cm³/mol. The van der Waals surface area contributed by atoms with E-state index in [9.17, 15) is 14.0 Å². The highest BCUT2D eigenvalue weighted by molar-refractivity contribution is 7.81. The van der Waals surface area contributed by atoms with E-state index in [1.165, 1.54) is 13.2 Å². The third kappa shape index (κ3) is 6.51. The van der Waals surface area contributed by atoms with Gasteiger partial charge in [-0.2, -0.15) is 12.6 Å². The minimum atomic E-state index is -0.549. The van der Waals surface area contributed by atoms with Crippen molar-refractivity contribution in [2.75, 3.05) is 33.3 Å². The van der Waals surface area contributed by atoms with Crippen molar-refractivity contribution in [2.24, 2.45) is 5.92 Å². The van der Waals surface area contributed by atoms with Gasteiger partial charge in [0.1, 0.15) is 11.9 Å². The van der Waals surface area contributed by atoms with Crippen molar-refractivity contribution in [3.8, 4) is 0 Å². The van der Waals surface area contributed by atoms with E-state index in [-0.39, 0.29) is 59.6 Å². The van der Waals surface area contributed by atoms with Crippen molar-refractivity contribution in [1.82, 2.24) is 9.80 Å². The Morgan fingerprint density at radius 2 is 1.91 bits per heavy atom. The first-order valence-corrected chi connectivity index (χ1v) is 11.7. The second-order valence-corrected chi connectivity index (χ2v) is 9.45. The molecule has 1 aliphatic carbocycles. The third-order valence-corrected chi connectivity index (χ3v) is 7.33. The SMILES string of the molecule is COC(=O)[C@@H]1CCCN1CC=C1CN(C(C(=O)C2CC2)c2ccccc2F)CCC1S.Cl.Cl. The summed E-state index contributed by atoms with van der Waals surface area (Å²) >= 11 is 4.77. The number of halogens is 3. The molecule has 184 valence electrons. The van der Waals surface area contributed by atoms with Crippen molar-refractivity contribution < 1.29 is 18.7 Å². The van der Waals surface area contributed by atoms with Crippen molar-refractivity contribution in [1.29, 1.82) is 0 Å². The molecule has 2 unspecified atom stereocenters. The number of hydrogen-bond donors (Lipinski definition) is 1. The number of ether oxygens (including phenoxy) is 1. The number of hydrogen-bond acceptors (Lipinski definition) is 6. The number of benzene rings is 1. The van der Waals surface area contributed by atoms with Gasteiger partial charge in [-0.05, 0) is 50.3 Å². The Balaban J connectivity index is 0.00000193. The average molecular weight is 520 g/mol. The lowest BCUT2D eigenvalue weighted by molar-refractivity contribution is -0.145. The first kappa shape index (κ1) is 28.1. The van der Waals surface area contributed by atoms with E-state index in [2.05, 4.69) is 15.9 Å². The summed E-state index contributed by atoms with van der Waals surface area (Å²) in [6, 6.07) is 5.90. The van der Waals surface area contributed by atoms with E-state index >= 15 is 0 Å². The molecule has 0 spiro atoms. The molecule has 2 heterocycles. The maximum absolute atomic E-state index is 14.7. The molecular formula is C24H33Cl2FN2O3S. The Kier molecular flexibility index (Phi) is 10.7. The van der Waals surface area contributed by atoms with Crippen LogP contribution in [0.4, 0.5) is 4.39 Å². The monoisotopic (exact) mass is 518 g/mol. The van der Waals surface area contributed by atoms with Crippen LogP contribution >= 0.6 is 37.4 Å². The molecule has 2 saturated heterocycles. The lowest BCUT2D eigenvalue weighted by Crippen LogP contribution is -2.43. The predicted octanol–water partition coefficient (Wildman–Crippen LogP) is 4.26. The molecule has 1 saturated carbocycles. The molecule has 5 nitrogen and oxygen atoms in total. The zero-order valence-corrected chi connectivity index (χ0v) is 21.3. The van der Waals surface area contributed by atoms with Crippen LogP contribution in [0.3, 0.4) is 0 Å². The Bertz CT molecular complexity index is 868. The second-order valence-electron chi connectivity index (χ2n) is 8.83. The molecule has 0 radical (unpaired) electrons. The standard InChI is InChI=1S/C24H31FN2O3S.2ClH/c1-30-24(29)20-7-4-12-26(20)13-10-17-15-27(14-11-21(17)31)22(23(28)16-8-9-16)18-5-2-3-6-19(18)25;;/h2-3,5-6,10,16,20-22,31H,4,7-9,11-15H2,1H3;2*1H/t20-,21?,22?;;/m0../s1. The van der Waals surface area contributed by atoms with Gasteiger partial charge in [0.05, 0.1) is 13.2 Å². The molecule has 0 bridgehead atoms. The fourth-order valence-corrected chi connectivity index (χ4v) is 5.12. The average Bonchev–Trinajstić information content (AvgIpc) is 3.52. The summed E-state index contributed by atoms with van der Waals surface area (Å²) in [5.41, 5.74) is 1.61.